The van der Waals surface area contributed by atoms with E-state index < -0.39 is 0 Å². The summed E-state index contributed by atoms with van der Waals surface area (Å²) in [5.41, 5.74) is 9.36. The Morgan fingerprint density at radius 3 is 2.62 bits per heavy atom. The first kappa shape index (κ1) is 11.3. The molecule has 0 radical (unpaired) electrons. The Labute approximate surface area is 97.2 Å². The van der Waals surface area contributed by atoms with Gasteiger partial charge in [0.25, 0.3) is 0 Å². The second kappa shape index (κ2) is 4.74. The number of nitrogens with zero attached hydrogens (tertiary/aromatic N) is 1. The summed E-state index contributed by atoms with van der Waals surface area (Å²) in [5.74, 6) is 0. The molecule has 2 rings (SSSR count). The van der Waals surface area contributed by atoms with Gasteiger partial charge in [-0.15, -0.1) is 0 Å². The van der Waals surface area contributed by atoms with Crippen molar-refractivity contribution < 1.29 is 4.74 Å². The van der Waals surface area contributed by atoms with Gasteiger partial charge >= 0.3 is 0 Å². The largest absolute Gasteiger partial charge is 0.397 e. The Morgan fingerprint density at radius 2 is 2.00 bits per heavy atom. The van der Waals surface area contributed by atoms with Gasteiger partial charge in [0, 0.05) is 20.2 Å². The van der Waals surface area contributed by atoms with E-state index in [2.05, 4.69) is 30.0 Å². The molecular formula is C13H20N2O. The van der Waals surface area contributed by atoms with Crippen LogP contribution in [0.3, 0.4) is 0 Å². The number of anilines is 2. The quantitative estimate of drug-likeness (QED) is 0.776. The predicted molar refractivity (Wildman–Crippen MR) is 67.8 cm³/mol. The van der Waals surface area contributed by atoms with Crippen molar-refractivity contribution >= 4 is 11.4 Å². The number of nitrogen functional groups attached to an aromatic ring is 1. The van der Waals surface area contributed by atoms with Gasteiger partial charge in [0.2, 0.25) is 0 Å². The summed E-state index contributed by atoms with van der Waals surface area (Å²) in [6.07, 6.45) is 2.59. The molecule has 1 aliphatic heterocycles. The van der Waals surface area contributed by atoms with Gasteiger partial charge in [-0.05, 0) is 31.4 Å². The van der Waals surface area contributed by atoms with Gasteiger partial charge in [0.05, 0.1) is 17.5 Å². The van der Waals surface area contributed by atoms with E-state index in [1.54, 1.807) is 7.11 Å². The van der Waals surface area contributed by atoms with Gasteiger partial charge < -0.3 is 15.4 Å². The van der Waals surface area contributed by atoms with Crippen LogP contribution in [0.4, 0.5) is 11.4 Å². The Kier molecular flexibility index (Phi) is 3.34. The molecule has 0 saturated carbocycles. The minimum absolute atomic E-state index is 0.419. The van der Waals surface area contributed by atoms with Crippen molar-refractivity contribution in [3.63, 3.8) is 0 Å². The van der Waals surface area contributed by atoms with Crippen LogP contribution in [0.15, 0.2) is 18.2 Å². The van der Waals surface area contributed by atoms with Crippen LogP contribution in [0, 0.1) is 6.92 Å². The molecular weight excluding hydrogens is 200 g/mol. The average Bonchev–Trinajstić information content (AvgIpc) is 2.33. The van der Waals surface area contributed by atoms with Crippen LogP contribution in [0.5, 0.6) is 0 Å². The molecule has 3 nitrogen and oxygen atoms in total. The van der Waals surface area contributed by atoms with Gasteiger partial charge in [-0.2, -0.15) is 0 Å². The highest BCUT2D eigenvalue weighted by Crippen LogP contribution is 2.28. The first-order valence-corrected chi connectivity index (χ1v) is 5.85. The number of rotatable bonds is 2. The first-order chi connectivity index (χ1) is 7.72. The van der Waals surface area contributed by atoms with E-state index in [9.17, 15) is 0 Å². The lowest BCUT2D eigenvalue weighted by molar-refractivity contribution is 0.0819. The van der Waals surface area contributed by atoms with Crippen molar-refractivity contribution in [2.75, 3.05) is 30.8 Å². The maximum atomic E-state index is 6.11. The lowest BCUT2D eigenvalue weighted by Crippen LogP contribution is -2.37. The van der Waals surface area contributed by atoms with Crippen LogP contribution in [0.2, 0.25) is 0 Å². The lowest BCUT2D eigenvalue weighted by atomic mass is 10.1. The van der Waals surface area contributed by atoms with Gasteiger partial charge in [0.15, 0.2) is 0 Å². The zero-order valence-corrected chi connectivity index (χ0v) is 10.1. The van der Waals surface area contributed by atoms with Crippen molar-refractivity contribution in [3.05, 3.63) is 23.8 Å². The highest BCUT2D eigenvalue weighted by Gasteiger charge is 2.20. The number of benzene rings is 1. The molecule has 0 aromatic heterocycles. The van der Waals surface area contributed by atoms with Gasteiger partial charge in [-0.1, -0.05) is 12.1 Å². The molecule has 1 aliphatic rings. The molecule has 2 N–H and O–H groups in total. The van der Waals surface area contributed by atoms with Crippen molar-refractivity contribution in [2.45, 2.75) is 25.9 Å². The van der Waals surface area contributed by atoms with Crippen molar-refractivity contribution in [2.24, 2.45) is 0 Å². The maximum absolute atomic E-state index is 6.11. The minimum atomic E-state index is 0.419. The monoisotopic (exact) mass is 220 g/mol. The molecule has 88 valence electrons. The summed E-state index contributed by atoms with van der Waals surface area (Å²) in [4.78, 5) is 2.36. The number of para-hydroxylation sites is 1. The molecule has 1 heterocycles. The van der Waals surface area contributed by atoms with E-state index in [1.807, 2.05) is 0 Å². The number of nitrogens with two attached hydrogens (primary N) is 1. The van der Waals surface area contributed by atoms with Gasteiger partial charge in [-0.25, -0.2) is 0 Å². The van der Waals surface area contributed by atoms with Crippen LogP contribution in [-0.4, -0.2) is 26.3 Å². The molecule has 0 unspecified atom stereocenters. The van der Waals surface area contributed by atoms with E-state index >= 15 is 0 Å². The molecule has 16 heavy (non-hydrogen) atoms. The normalized spacial score (nSPS) is 17.8. The third-order valence-corrected chi connectivity index (χ3v) is 3.42. The molecule has 0 aliphatic carbocycles. The number of methoxy groups -OCH3 is 1. The molecule has 1 saturated heterocycles. The fraction of sp³-hybridized carbons (Fsp3) is 0.538. The zero-order valence-electron chi connectivity index (χ0n) is 10.1. The SMILES string of the molecule is COC1CCN(c2cccc(C)c2N)CC1. The van der Waals surface area contributed by atoms with Crippen LogP contribution in [-0.2, 0) is 4.74 Å². The van der Waals surface area contributed by atoms with E-state index in [1.165, 1.54) is 5.69 Å². The molecule has 3 heteroatoms. The summed E-state index contributed by atoms with van der Waals surface area (Å²) >= 11 is 0. The second-order valence-electron chi connectivity index (χ2n) is 4.43. The highest BCUT2D eigenvalue weighted by molar-refractivity contribution is 5.71. The Balaban J connectivity index is 2.11. The standard InChI is InChI=1S/C13H20N2O/c1-10-4-3-5-12(13(10)14)15-8-6-11(16-2)7-9-15/h3-5,11H,6-9,14H2,1-2H3. The van der Waals surface area contributed by atoms with Crippen LogP contribution in [0.1, 0.15) is 18.4 Å². The second-order valence-corrected chi connectivity index (χ2v) is 4.43. The van der Waals surface area contributed by atoms with Gasteiger partial charge in [-0.3, -0.25) is 0 Å². The zero-order chi connectivity index (χ0) is 11.5. The average molecular weight is 220 g/mol. The van der Waals surface area contributed by atoms with Crippen LogP contribution >= 0.6 is 0 Å². The lowest BCUT2D eigenvalue weighted by Gasteiger charge is -2.33. The highest BCUT2D eigenvalue weighted by atomic mass is 16.5. The third kappa shape index (κ3) is 2.14. The molecule has 0 spiro atoms. The molecule has 1 aromatic rings. The number of hydrogen-bond acceptors (Lipinski definition) is 3. The summed E-state index contributed by atoms with van der Waals surface area (Å²) in [7, 11) is 1.79. The molecule has 0 atom stereocenters. The number of aryl methyl sites for hydroxylation is 1. The van der Waals surface area contributed by atoms with Crippen LogP contribution < -0.4 is 10.6 Å². The number of hydrogen-bond donors (Lipinski definition) is 1. The summed E-state index contributed by atoms with van der Waals surface area (Å²) < 4.78 is 5.37. The van der Waals surface area contributed by atoms with Crippen molar-refractivity contribution in [1.82, 2.24) is 0 Å². The summed E-state index contributed by atoms with van der Waals surface area (Å²) in [5, 5.41) is 0. The number of piperidine rings is 1. The van der Waals surface area contributed by atoms with E-state index in [-0.39, 0.29) is 0 Å². The van der Waals surface area contributed by atoms with Crippen molar-refractivity contribution in [3.8, 4) is 0 Å². The molecule has 0 bridgehead atoms. The Morgan fingerprint density at radius 1 is 1.31 bits per heavy atom. The predicted octanol–water partition coefficient (Wildman–Crippen LogP) is 2.19. The fourth-order valence-electron chi connectivity index (χ4n) is 2.27. The van der Waals surface area contributed by atoms with E-state index in [4.69, 9.17) is 10.5 Å². The maximum Gasteiger partial charge on any atom is 0.0605 e. The van der Waals surface area contributed by atoms with Gasteiger partial charge in [0.1, 0.15) is 0 Å². The summed E-state index contributed by atoms with van der Waals surface area (Å²) in [6, 6.07) is 6.24. The Hall–Kier alpha value is -1.22. The first-order valence-electron chi connectivity index (χ1n) is 5.85. The van der Waals surface area contributed by atoms with Crippen LogP contribution in [0.25, 0.3) is 0 Å². The fourth-order valence-corrected chi connectivity index (χ4v) is 2.27. The minimum Gasteiger partial charge on any atom is -0.397 e. The van der Waals surface area contributed by atoms with E-state index in [0.29, 0.717) is 6.10 Å². The topological polar surface area (TPSA) is 38.5 Å². The molecule has 0 amide bonds. The summed E-state index contributed by atoms with van der Waals surface area (Å²) in [6.45, 7) is 4.12. The number of ether oxygens (including phenoxy) is 1. The third-order valence-electron chi connectivity index (χ3n) is 3.42. The Bertz CT molecular complexity index is 357. The van der Waals surface area contributed by atoms with E-state index in [0.717, 1.165) is 37.2 Å². The molecule has 1 fully saturated rings. The van der Waals surface area contributed by atoms with Crippen molar-refractivity contribution in [1.29, 1.82) is 0 Å². The smallest absolute Gasteiger partial charge is 0.0605 e. The molecule has 1 aromatic carbocycles.